The minimum atomic E-state index is -2.96. The first kappa shape index (κ1) is 78.4. The van der Waals surface area contributed by atoms with Crippen LogP contribution in [0.5, 0.6) is 0 Å². The molecular formula is C84H124F8O12. The molecule has 588 valence electrons. The van der Waals surface area contributed by atoms with Crippen LogP contribution in [-0.2, 0) is 57.2 Å². The van der Waals surface area contributed by atoms with Crippen LogP contribution in [0.1, 0.15) is 305 Å². The topological polar surface area (TPSA) is 158 Å². The first-order chi connectivity index (χ1) is 48.9. The maximum absolute atomic E-state index is 13.3. The Morgan fingerprint density at radius 3 is 0.731 bits per heavy atom. The van der Waals surface area contributed by atoms with E-state index in [-0.39, 0.29) is 47.7 Å². The summed E-state index contributed by atoms with van der Waals surface area (Å²) in [6.07, 6.45) is 39.2. The fourth-order valence-electron chi connectivity index (χ4n) is 28.1. The molecule has 0 spiro atoms. The molecule has 0 aromatic heterocycles. The Hall–Kier alpha value is -3.74. The molecule has 0 heterocycles. The van der Waals surface area contributed by atoms with Crippen molar-refractivity contribution in [2.75, 3.05) is 19.8 Å². The van der Waals surface area contributed by atoms with Gasteiger partial charge in [-0.05, 0) is 352 Å². The van der Waals surface area contributed by atoms with Crippen molar-refractivity contribution in [2.24, 2.45) is 123 Å². The number of carbonyl (C=O) groups is 6. The molecule has 0 unspecified atom stereocenters. The summed E-state index contributed by atoms with van der Waals surface area (Å²) in [7, 11) is 0. The molecular weight excluding hydrogens is 1350 g/mol. The Balaban J connectivity index is 0.000000111. The zero-order valence-corrected chi connectivity index (χ0v) is 63.4. The van der Waals surface area contributed by atoms with Crippen LogP contribution in [0.4, 0.5) is 35.1 Å². The summed E-state index contributed by atoms with van der Waals surface area (Å²) in [5.74, 6) is -0.851. The van der Waals surface area contributed by atoms with Crippen molar-refractivity contribution < 1.29 is 92.3 Å². The van der Waals surface area contributed by atoms with Gasteiger partial charge in [0.2, 0.25) is 0 Å². The molecule has 104 heavy (non-hydrogen) atoms. The zero-order valence-electron chi connectivity index (χ0n) is 63.4. The normalized spacial score (nSPS) is 42.9. The first-order valence-corrected chi connectivity index (χ1v) is 41.6. The van der Waals surface area contributed by atoms with Gasteiger partial charge in [-0.2, -0.15) is 0 Å². The number of rotatable bonds is 18. The van der Waals surface area contributed by atoms with E-state index in [0.29, 0.717) is 84.0 Å². The van der Waals surface area contributed by atoms with Gasteiger partial charge in [0, 0.05) is 26.2 Å². The summed E-state index contributed by atoms with van der Waals surface area (Å²) in [4.78, 5) is 71.5. The van der Waals surface area contributed by atoms with Crippen LogP contribution < -0.4 is 0 Å². The molecule has 0 atom stereocenters. The van der Waals surface area contributed by atoms with Gasteiger partial charge in [-0.3, -0.25) is 28.8 Å². The van der Waals surface area contributed by atoms with Gasteiger partial charge in [0.15, 0.2) is 13.2 Å². The van der Waals surface area contributed by atoms with Crippen molar-refractivity contribution in [3.63, 3.8) is 0 Å². The second-order valence-corrected chi connectivity index (χ2v) is 39.5. The molecule has 0 N–H and O–H groups in total. The first-order valence-electron chi connectivity index (χ1n) is 41.6. The largest absolute Gasteiger partial charge is 0.466 e. The number of ether oxygens (including phenoxy) is 6. The molecule has 24 aliphatic carbocycles. The van der Waals surface area contributed by atoms with Crippen molar-refractivity contribution in [3.05, 3.63) is 0 Å². The second-order valence-electron chi connectivity index (χ2n) is 39.5. The highest BCUT2D eigenvalue weighted by Crippen LogP contribution is 2.65. The Morgan fingerprint density at radius 2 is 0.510 bits per heavy atom. The van der Waals surface area contributed by atoms with Crippen molar-refractivity contribution in [2.45, 2.75) is 345 Å². The summed E-state index contributed by atoms with van der Waals surface area (Å²) >= 11 is 0. The van der Waals surface area contributed by atoms with E-state index in [9.17, 15) is 63.9 Å². The number of hydrogen-bond acceptors (Lipinski definition) is 12. The van der Waals surface area contributed by atoms with Gasteiger partial charge in [-0.1, -0.05) is 20.8 Å². The van der Waals surface area contributed by atoms with Crippen LogP contribution >= 0.6 is 0 Å². The average Bonchev–Trinajstić information content (AvgIpc) is 0.750. The standard InChI is InChI=1S/2C15H22F2O2.2C14H20F2O2.2C13H20O2/c1-2-15(16,17)9-19-13(18)14-6-10-3-11(7-14)5-12(4-10)8-14;1-2-15(16,17)9-13(18)19-14-6-10-3-11(7-14)5-12(4-10)8-14;1-13(15,16)8-18-12(17)14-5-9-2-10(6-14)4-11(3-9)7-14;1-13(15,16)8-12(17)18-14-5-9-2-10(6-14)4-11(3-9)7-14;1-2-15-12(14)13-6-9-3-10(7-13)5-11(4-9)8-13;1-2-12(14)15-13-6-9-3-10(7-13)5-11(4-9)8-13/h2*10-12H,2-9H2,1H3;2*9-11H,2-8H2,1H3;2*9-11H,2-8H2,1H3. The van der Waals surface area contributed by atoms with E-state index in [4.69, 9.17) is 28.4 Å². The van der Waals surface area contributed by atoms with Crippen LogP contribution in [0.15, 0.2) is 0 Å². The summed E-state index contributed by atoms with van der Waals surface area (Å²) in [5, 5.41) is 0. The molecule has 24 fully saturated rings. The monoisotopic (exact) mass is 1480 g/mol. The van der Waals surface area contributed by atoms with Crippen LogP contribution in [0, 0.1) is 123 Å². The van der Waals surface area contributed by atoms with Gasteiger partial charge in [0.25, 0.3) is 23.7 Å². The highest BCUT2D eigenvalue weighted by atomic mass is 19.3. The molecule has 0 aromatic rings. The average molecular weight is 1480 g/mol. The minimum absolute atomic E-state index is 0.0111. The Kier molecular flexibility index (Phi) is 22.7. The second kappa shape index (κ2) is 30.2. The lowest BCUT2D eigenvalue weighted by Gasteiger charge is -2.55. The van der Waals surface area contributed by atoms with Crippen LogP contribution in [0.2, 0.25) is 0 Å². The van der Waals surface area contributed by atoms with Gasteiger partial charge in [0.05, 0.1) is 22.9 Å². The van der Waals surface area contributed by atoms with E-state index in [1.807, 2.05) is 13.8 Å². The number of halogens is 8. The van der Waals surface area contributed by atoms with Crippen molar-refractivity contribution in [1.29, 1.82) is 0 Å². The summed E-state index contributed by atoms with van der Waals surface area (Å²) in [6, 6.07) is 0. The molecule has 20 heteroatoms. The molecule has 24 aliphatic rings. The third kappa shape index (κ3) is 18.5. The maximum atomic E-state index is 13.3. The third-order valence-electron chi connectivity index (χ3n) is 29.7. The predicted octanol–water partition coefficient (Wildman–Crippen LogP) is 20.3. The molecule has 0 aromatic carbocycles. The minimum Gasteiger partial charge on any atom is -0.466 e. The van der Waals surface area contributed by atoms with E-state index in [2.05, 4.69) is 0 Å². The van der Waals surface area contributed by atoms with Gasteiger partial charge >= 0.3 is 35.8 Å². The maximum Gasteiger partial charge on any atom is 0.312 e. The SMILES string of the molecule is CC(F)(F)CC(=O)OC12CC3CC(CC(C3)C1)C2.CC(F)(F)COC(=O)C12CC3CC(CC(C3)C1)C2.CCC(=O)OC12CC3CC(CC(C3)C1)C2.CCC(F)(F)CC(=O)OC12CC3CC(CC(C3)C1)C2.CCC(F)(F)COC(=O)C12CC3CC(CC(C3)C1)C2.CCOC(=O)C12CC3CC(CC(C3)C1)C2. The van der Waals surface area contributed by atoms with E-state index < -0.39 is 83.7 Å². The predicted molar refractivity (Wildman–Crippen MR) is 373 cm³/mol. The van der Waals surface area contributed by atoms with Gasteiger partial charge in [-0.25, -0.2) is 35.1 Å². The highest BCUT2D eigenvalue weighted by molar-refractivity contribution is 5.79. The molecule has 0 aliphatic heterocycles. The van der Waals surface area contributed by atoms with Gasteiger partial charge in [-0.15, -0.1) is 0 Å². The quantitative estimate of drug-likeness (QED) is 0.0728. The van der Waals surface area contributed by atoms with E-state index in [1.165, 1.54) is 129 Å². The summed E-state index contributed by atoms with van der Waals surface area (Å²) in [5.41, 5.74) is -1.70. The van der Waals surface area contributed by atoms with E-state index >= 15 is 0 Å². The van der Waals surface area contributed by atoms with Gasteiger partial charge in [0.1, 0.15) is 29.6 Å². The number of esters is 6. The molecule has 0 amide bonds. The zero-order chi connectivity index (χ0) is 74.2. The third-order valence-corrected chi connectivity index (χ3v) is 29.7. The molecule has 0 radical (unpaired) electrons. The number of hydrogen-bond donors (Lipinski definition) is 0. The van der Waals surface area contributed by atoms with Crippen molar-refractivity contribution >= 4 is 35.8 Å². The Labute approximate surface area is 613 Å². The van der Waals surface area contributed by atoms with Gasteiger partial charge < -0.3 is 28.4 Å². The number of alkyl halides is 8. The number of carbonyl (C=O) groups excluding carboxylic acids is 6. The Bertz CT molecular complexity index is 2860. The molecule has 0 saturated heterocycles. The van der Waals surface area contributed by atoms with E-state index in [1.54, 1.807) is 0 Å². The molecule has 24 rings (SSSR count). The highest BCUT2D eigenvalue weighted by Gasteiger charge is 2.61. The van der Waals surface area contributed by atoms with E-state index in [0.717, 1.165) is 165 Å². The lowest BCUT2D eigenvalue weighted by Crippen LogP contribution is -2.53. The molecule has 24 bridgehead atoms. The van der Waals surface area contributed by atoms with Crippen LogP contribution in [0.25, 0.3) is 0 Å². The van der Waals surface area contributed by atoms with Crippen LogP contribution in [0.3, 0.4) is 0 Å². The molecule has 24 saturated carbocycles. The molecule has 12 nitrogen and oxygen atoms in total. The Morgan fingerprint density at radius 1 is 0.288 bits per heavy atom. The fourth-order valence-corrected chi connectivity index (χ4v) is 28.1. The van der Waals surface area contributed by atoms with Crippen LogP contribution in [-0.4, -0.2) is 96.1 Å². The lowest BCUT2D eigenvalue weighted by molar-refractivity contribution is -0.193. The fraction of sp³-hybridized carbons (Fsp3) is 0.929. The summed E-state index contributed by atoms with van der Waals surface area (Å²) < 4.78 is 136. The van der Waals surface area contributed by atoms with Crippen molar-refractivity contribution in [3.8, 4) is 0 Å². The summed E-state index contributed by atoms with van der Waals surface area (Å²) in [6.45, 7) is 7.21. The lowest BCUT2D eigenvalue weighted by atomic mass is 9.49. The van der Waals surface area contributed by atoms with Crippen molar-refractivity contribution in [1.82, 2.24) is 0 Å². The smallest absolute Gasteiger partial charge is 0.312 e.